The van der Waals surface area contributed by atoms with E-state index in [4.69, 9.17) is 0 Å². The smallest absolute Gasteiger partial charge is 0.136 e. The molecule has 0 aliphatic heterocycles. The van der Waals surface area contributed by atoms with Crippen molar-refractivity contribution in [3.8, 4) is 10.6 Å². The van der Waals surface area contributed by atoms with Gasteiger partial charge in [-0.1, -0.05) is 6.07 Å². The van der Waals surface area contributed by atoms with Gasteiger partial charge < -0.3 is 5.32 Å². The summed E-state index contributed by atoms with van der Waals surface area (Å²) in [5.41, 5.74) is -0.0276. The topological polar surface area (TPSA) is 24.9 Å². The zero-order chi connectivity index (χ0) is 12.5. The number of hydrogen-bond acceptors (Lipinski definition) is 3. The van der Waals surface area contributed by atoms with E-state index in [1.807, 2.05) is 0 Å². The monoisotopic (exact) mass is 266 g/mol. The molecule has 1 aliphatic rings. The fourth-order valence-electron chi connectivity index (χ4n) is 1.74. The second kappa shape index (κ2) is 4.74. The first-order valence-electron chi connectivity index (χ1n) is 5.86. The number of rotatable bonds is 4. The highest BCUT2D eigenvalue weighted by atomic mass is 32.1. The van der Waals surface area contributed by atoms with E-state index < -0.39 is 11.6 Å². The zero-order valence-corrected chi connectivity index (χ0v) is 10.4. The Hall–Kier alpha value is -1.33. The summed E-state index contributed by atoms with van der Waals surface area (Å²) in [5.74, 6) is -1.13. The van der Waals surface area contributed by atoms with Gasteiger partial charge in [0.2, 0.25) is 0 Å². The van der Waals surface area contributed by atoms with Gasteiger partial charge in [0.05, 0.1) is 5.56 Å². The average Bonchev–Trinajstić information content (AvgIpc) is 3.06. The molecule has 18 heavy (non-hydrogen) atoms. The fraction of sp³-hybridized carbons (Fsp3) is 0.308. The molecule has 0 atom stereocenters. The summed E-state index contributed by atoms with van der Waals surface area (Å²) < 4.78 is 27.2. The highest BCUT2D eigenvalue weighted by molar-refractivity contribution is 7.15. The third-order valence-corrected chi connectivity index (χ3v) is 3.89. The first-order valence-corrected chi connectivity index (χ1v) is 6.68. The minimum absolute atomic E-state index is 0.0276. The van der Waals surface area contributed by atoms with Gasteiger partial charge in [-0.2, -0.15) is 0 Å². The van der Waals surface area contributed by atoms with Crippen LogP contribution in [-0.2, 0) is 6.54 Å². The van der Waals surface area contributed by atoms with E-state index in [0.717, 1.165) is 11.4 Å². The van der Waals surface area contributed by atoms with Crippen LogP contribution >= 0.6 is 11.3 Å². The minimum Gasteiger partial charge on any atom is -0.309 e. The molecule has 1 aromatic carbocycles. The second-order valence-electron chi connectivity index (χ2n) is 4.38. The van der Waals surface area contributed by atoms with Crippen molar-refractivity contribution >= 4 is 11.3 Å². The molecule has 1 saturated carbocycles. The van der Waals surface area contributed by atoms with E-state index >= 15 is 0 Å². The van der Waals surface area contributed by atoms with Crippen molar-refractivity contribution in [3.05, 3.63) is 40.9 Å². The van der Waals surface area contributed by atoms with E-state index in [9.17, 15) is 8.78 Å². The number of benzene rings is 1. The first-order chi connectivity index (χ1) is 8.74. The largest absolute Gasteiger partial charge is 0.309 e. The molecule has 2 aromatic rings. The van der Waals surface area contributed by atoms with Gasteiger partial charge in [0.25, 0.3) is 0 Å². The Labute approximate surface area is 108 Å². The number of halogens is 2. The third-order valence-electron chi connectivity index (χ3n) is 2.87. The summed E-state index contributed by atoms with van der Waals surface area (Å²) in [5, 5.41) is 3.75. The van der Waals surface area contributed by atoms with Gasteiger partial charge in [-0.15, -0.1) is 11.3 Å². The summed E-state index contributed by atoms with van der Waals surface area (Å²) in [6.45, 7) is 0.721. The minimum atomic E-state index is -0.564. The van der Waals surface area contributed by atoms with Crippen molar-refractivity contribution in [1.29, 1.82) is 0 Å². The van der Waals surface area contributed by atoms with Crippen molar-refractivity contribution in [1.82, 2.24) is 10.3 Å². The molecule has 5 heteroatoms. The van der Waals surface area contributed by atoms with Crippen LogP contribution in [0.15, 0.2) is 24.4 Å². The summed E-state index contributed by atoms with van der Waals surface area (Å²) in [7, 11) is 0. The molecular formula is C13H12F2N2S. The summed E-state index contributed by atoms with van der Waals surface area (Å²) in [4.78, 5) is 5.10. The molecule has 0 saturated heterocycles. The van der Waals surface area contributed by atoms with Gasteiger partial charge in [0.15, 0.2) is 0 Å². The molecule has 2 nitrogen and oxygen atoms in total. The average molecular weight is 266 g/mol. The number of nitrogens with one attached hydrogen (secondary N) is 1. The van der Waals surface area contributed by atoms with E-state index in [0.29, 0.717) is 11.0 Å². The Morgan fingerprint density at radius 3 is 2.67 bits per heavy atom. The Morgan fingerprint density at radius 1 is 1.28 bits per heavy atom. The van der Waals surface area contributed by atoms with Crippen LogP contribution in [0.3, 0.4) is 0 Å². The Morgan fingerprint density at radius 2 is 2.00 bits per heavy atom. The van der Waals surface area contributed by atoms with Crippen molar-refractivity contribution in [3.63, 3.8) is 0 Å². The van der Waals surface area contributed by atoms with Gasteiger partial charge in [0, 0.05) is 23.7 Å². The Balaban J connectivity index is 1.83. The molecule has 1 aromatic heterocycles. The second-order valence-corrected chi connectivity index (χ2v) is 5.50. The van der Waals surface area contributed by atoms with Crippen molar-refractivity contribution < 1.29 is 8.78 Å². The van der Waals surface area contributed by atoms with Crippen molar-refractivity contribution in [2.75, 3.05) is 0 Å². The maximum absolute atomic E-state index is 13.6. The number of hydrogen-bond donors (Lipinski definition) is 1. The van der Waals surface area contributed by atoms with Gasteiger partial charge in [0.1, 0.15) is 16.6 Å². The predicted octanol–water partition coefficient (Wildman–Crippen LogP) is 3.34. The Kier molecular flexibility index (Phi) is 3.09. The van der Waals surface area contributed by atoms with E-state index in [2.05, 4.69) is 10.3 Å². The van der Waals surface area contributed by atoms with Gasteiger partial charge in [-0.25, -0.2) is 13.8 Å². The van der Waals surface area contributed by atoms with Crippen LogP contribution in [-0.4, -0.2) is 11.0 Å². The van der Waals surface area contributed by atoms with E-state index in [1.165, 1.54) is 42.4 Å². The lowest BCUT2D eigenvalue weighted by atomic mass is 10.2. The molecule has 94 valence electrons. The molecular weight excluding hydrogens is 254 g/mol. The highest BCUT2D eigenvalue weighted by Gasteiger charge is 2.21. The highest BCUT2D eigenvalue weighted by Crippen LogP contribution is 2.30. The third kappa shape index (κ3) is 2.42. The number of thiazole rings is 1. The molecule has 0 spiro atoms. The summed E-state index contributed by atoms with van der Waals surface area (Å²) >= 11 is 1.33. The van der Waals surface area contributed by atoms with Gasteiger partial charge in [-0.05, 0) is 25.0 Å². The maximum Gasteiger partial charge on any atom is 0.136 e. The first kappa shape index (κ1) is 11.7. The number of nitrogens with zero attached hydrogens (tertiary/aromatic N) is 1. The van der Waals surface area contributed by atoms with Crippen molar-refractivity contribution in [2.24, 2.45) is 0 Å². The van der Waals surface area contributed by atoms with Crippen LogP contribution in [0, 0.1) is 11.6 Å². The lowest BCUT2D eigenvalue weighted by Crippen LogP contribution is -2.14. The van der Waals surface area contributed by atoms with Crippen molar-refractivity contribution in [2.45, 2.75) is 25.4 Å². The lowest BCUT2D eigenvalue weighted by molar-refractivity contribution is 0.589. The van der Waals surface area contributed by atoms with E-state index in [1.54, 1.807) is 6.20 Å². The quantitative estimate of drug-likeness (QED) is 0.918. The zero-order valence-electron chi connectivity index (χ0n) is 9.62. The lowest BCUT2D eigenvalue weighted by Gasteiger charge is -2.00. The SMILES string of the molecule is Fc1cccc(F)c1-c1ncc(CNC2CC2)s1. The fourth-order valence-corrected chi connectivity index (χ4v) is 2.65. The summed E-state index contributed by atoms with van der Waals surface area (Å²) in [6.07, 6.45) is 4.11. The van der Waals surface area contributed by atoms with Crippen LogP contribution < -0.4 is 5.32 Å². The van der Waals surface area contributed by atoms with E-state index in [-0.39, 0.29) is 5.56 Å². The normalized spacial score (nSPS) is 15.0. The molecule has 1 heterocycles. The molecule has 0 radical (unpaired) electrons. The molecule has 1 fully saturated rings. The van der Waals surface area contributed by atoms with Crippen LogP contribution in [0.1, 0.15) is 17.7 Å². The Bertz CT molecular complexity index is 544. The molecule has 0 unspecified atom stereocenters. The van der Waals surface area contributed by atoms with Crippen LogP contribution in [0.2, 0.25) is 0 Å². The maximum atomic E-state index is 13.6. The number of aromatic nitrogens is 1. The molecule has 3 rings (SSSR count). The van der Waals surface area contributed by atoms with Crippen LogP contribution in [0.4, 0.5) is 8.78 Å². The van der Waals surface area contributed by atoms with Crippen LogP contribution in [0.5, 0.6) is 0 Å². The van der Waals surface area contributed by atoms with Crippen LogP contribution in [0.25, 0.3) is 10.6 Å². The predicted molar refractivity (Wildman–Crippen MR) is 67.3 cm³/mol. The molecule has 0 bridgehead atoms. The summed E-state index contributed by atoms with van der Waals surface area (Å²) in [6, 6.07) is 4.47. The molecule has 1 aliphatic carbocycles. The standard InChI is InChI=1S/C13H12F2N2S/c14-10-2-1-3-11(15)12(10)13-17-7-9(18-13)6-16-8-4-5-8/h1-3,7-8,16H,4-6H2. The molecule has 1 N–H and O–H groups in total. The van der Waals surface area contributed by atoms with Gasteiger partial charge in [-0.3, -0.25) is 0 Å². The van der Waals surface area contributed by atoms with Gasteiger partial charge >= 0.3 is 0 Å². The molecule has 0 amide bonds.